The molecule has 1 fully saturated rings. The molecular formula is C24H27NO6. The summed E-state index contributed by atoms with van der Waals surface area (Å²) in [5.41, 5.74) is 1.16. The Morgan fingerprint density at radius 2 is 1.77 bits per heavy atom. The monoisotopic (exact) mass is 425 g/mol. The van der Waals surface area contributed by atoms with Gasteiger partial charge in [-0.1, -0.05) is 0 Å². The van der Waals surface area contributed by atoms with Gasteiger partial charge in [0.05, 0.1) is 26.9 Å². The number of carbonyl (C=O) groups is 1. The van der Waals surface area contributed by atoms with E-state index >= 15 is 0 Å². The van der Waals surface area contributed by atoms with Crippen molar-refractivity contribution in [2.24, 2.45) is 0 Å². The zero-order chi connectivity index (χ0) is 21.8. The van der Waals surface area contributed by atoms with Crippen molar-refractivity contribution in [3.05, 3.63) is 47.2 Å². The Labute approximate surface area is 182 Å². The van der Waals surface area contributed by atoms with E-state index in [2.05, 4.69) is 4.90 Å². The summed E-state index contributed by atoms with van der Waals surface area (Å²) in [6.45, 7) is 3.79. The average Bonchev–Trinajstić information content (AvgIpc) is 3.41. The van der Waals surface area contributed by atoms with E-state index in [0.29, 0.717) is 46.5 Å². The molecule has 0 aromatic heterocycles. The van der Waals surface area contributed by atoms with Gasteiger partial charge in [0.2, 0.25) is 11.5 Å². The Morgan fingerprint density at radius 1 is 1.00 bits per heavy atom. The lowest BCUT2D eigenvalue weighted by atomic mass is 10.1. The fourth-order valence-electron chi connectivity index (χ4n) is 3.94. The van der Waals surface area contributed by atoms with Crippen LogP contribution in [0.1, 0.15) is 28.8 Å². The van der Waals surface area contributed by atoms with Crippen molar-refractivity contribution in [2.75, 3.05) is 47.6 Å². The Kier molecular flexibility index (Phi) is 6.32. The molecule has 0 N–H and O–H groups in total. The number of carbonyl (C=O) groups excluding carboxylic acids is 1. The molecular weight excluding hydrogens is 398 g/mol. The van der Waals surface area contributed by atoms with Gasteiger partial charge in [0.15, 0.2) is 17.3 Å². The summed E-state index contributed by atoms with van der Waals surface area (Å²) in [6.07, 6.45) is 4.17. The normalized spacial score (nSPS) is 16.9. The van der Waals surface area contributed by atoms with E-state index in [9.17, 15) is 4.79 Å². The molecule has 7 heteroatoms. The second kappa shape index (κ2) is 9.31. The maximum atomic E-state index is 12.8. The fourth-order valence-corrected chi connectivity index (χ4v) is 3.94. The first-order valence-corrected chi connectivity index (χ1v) is 10.4. The summed E-state index contributed by atoms with van der Waals surface area (Å²) in [5, 5.41) is 0. The van der Waals surface area contributed by atoms with E-state index in [1.54, 1.807) is 37.5 Å². The van der Waals surface area contributed by atoms with Crippen LogP contribution in [0, 0.1) is 0 Å². The topological polar surface area (TPSA) is 66.5 Å². The molecule has 0 saturated carbocycles. The van der Waals surface area contributed by atoms with Crippen LogP contribution in [0.2, 0.25) is 0 Å². The molecule has 0 radical (unpaired) electrons. The second-order valence-electron chi connectivity index (χ2n) is 7.42. The van der Waals surface area contributed by atoms with E-state index in [0.717, 1.165) is 19.6 Å². The molecule has 0 bridgehead atoms. The molecule has 164 valence electrons. The fraction of sp³-hybridized carbons (Fsp3) is 0.375. The van der Waals surface area contributed by atoms with Crippen LogP contribution in [-0.2, 0) is 0 Å². The number of hydrogen-bond donors (Lipinski definition) is 0. The largest absolute Gasteiger partial charge is 0.493 e. The Bertz CT molecular complexity index is 994. The number of Topliss-reactive ketones (excluding diaryl/α,β-unsaturated/α-hetero) is 1. The summed E-state index contributed by atoms with van der Waals surface area (Å²) in [5.74, 6) is 2.68. The van der Waals surface area contributed by atoms with Crippen molar-refractivity contribution in [2.45, 2.75) is 12.8 Å². The van der Waals surface area contributed by atoms with Gasteiger partial charge in [-0.2, -0.15) is 0 Å². The van der Waals surface area contributed by atoms with Crippen LogP contribution in [0.25, 0.3) is 6.08 Å². The number of rotatable bonds is 8. The molecule has 2 aliphatic heterocycles. The van der Waals surface area contributed by atoms with Crippen LogP contribution < -0.4 is 23.7 Å². The van der Waals surface area contributed by atoms with Gasteiger partial charge >= 0.3 is 0 Å². The lowest BCUT2D eigenvalue weighted by molar-refractivity contribution is 0.101. The van der Waals surface area contributed by atoms with Crippen LogP contribution in [0.3, 0.4) is 0 Å². The Morgan fingerprint density at radius 3 is 2.48 bits per heavy atom. The first-order valence-electron chi connectivity index (χ1n) is 10.4. The number of hydrogen-bond acceptors (Lipinski definition) is 7. The van der Waals surface area contributed by atoms with Crippen molar-refractivity contribution in [1.29, 1.82) is 0 Å². The minimum atomic E-state index is -0.185. The highest BCUT2D eigenvalue weighted by Gasteiger charge is 2.28. The molecule has 0 atom stereocenters. The summed E-state index contributed by atoms with van der Waals surface area (Å²) in [4.78, 5) is 15.2. The van der Waals surface area contributed by atoms with Crippen molar-refractivity contribution in [3.63, 3.8) is 0 Å². The van der Waals surface area contributed by atoms with Gasteiger partial charge in [-0.05, 0) is 56.3 Å². The lowest BCUT2D eigenvalue weighted by Crippen LogP contribution is -2.25. The highest BCUT2D eigenvalue weighted by Crippen LogP contribution is 2.42. The molecule has 4 rings (SSSR count). The summed E-state index contributed by atoms with van der Waals surface area (Å²) < 4.78 is 28.0. The van der Waals surface area contributed by atoms with Crippen LogP contribution in [0.5, 0.6) is 28.7 Å². The third-order valence-electron chi connectivity index (χ3n) is 5.54. The van der Waals surface area contributed by atoms with Gasteiger partial charge in [0.1, 0.15) is 18.1 Å². The van der Waals surface area contributed by atoms with Crippen molar-refractivity contribution in [1.82, 2.24) is 4.90 Å². The van der Waals surface area contributed by atoms with Crippen LogP contribution >= 0.6 is 0 Å². The summed E-state index contributed by atoms with van der Waals surface area (Å²) in [6, 6.07) is 8.87. The number of fused-ring (bicyclic) bond motifs is 1. The first kappa shape index (κ1) is 21.1. The molecule has 0 spiro atoms. The van der Waals surface area contributed by atoms with E-state index in [4.69, 9.17) is 23.7 Å². The third-order valence-corrected chi connectivity index (χ3v) is 5.54. The minimum Gasteiger partial charge on any atom is -0.493 e. The highest BCUT2D eigenvalue weighted by molar-refractivity contribution is 6.14. The van der Waals surface area contributed by atoms with Gasteiger partial charge in [-0.25, -0.2) is 0 Å². The van der Waals surface area contributed by atoms with Gasteiger partial charge in [-0.15, -0.1) is 0 Å². The van der Waals surface area contributed by atoms with Crippen molar-refractivity contribution < 1.29 is 28.5 Å². The zero-order valence-electron chi connectivity index (χ0n) is 18.1. The van der Waals surface area contributed by atoms with Crippen LogP contribution in [0.4, 0.5) is 0 Å². The predicted molar refractivity (Wildman–Crippen MR) is 117 cm³/mol. The van der Waals surface area contributed by atoms with Gasteiger partial charge in [-0.3, -0.25) is 9.69 Å². The Balaban J connectivity index is 1.51. The van der Waals surface area contributed by atoms with E-state index in [-0.39, 0.29) is 11.5 Å². The van der Waals surface area contributed by atoms with Gasteiger partial charge in [0, 0.05) is 18.2 Å². The van der Waals surface area contributed by atoms with E-state index in [1.165, 1.54) is 27.1 Å². The lowest BCUT2D eigenvalue weighted by Gasteiger charge is -2.15. The number of ether oxygens (including phenoxy) is 5. The molecule has 2 aliphatic rings. The van der Waals surface area contributed by atoms with Crippen LogP contribution in [-0.4, -0.2) is 58.3 Å². The SMILES string of the molecule is COc1ccc(/C=C2/Oc3cc(OCCN4CCCC4)ccc3C2=O)c(OC)c1OC. The molecule has 1 saturated heterocycles. The number of allylic oxidation sites excluding steroid dienone is 1. The van der Waals surface area contributed by atoms with E-state index in [1.807, 2.05) is 6.07 Å². The summed E-state index contributed by atoms with van der Waals surface area (Å²) >= 11 is 0. The average molecular weight is 425 g/mol. The molecule has 0 unspecified atom stereocenters. The van der Waals surface area contributed by atoms with Crippen LogP contribution in [0.15, 0.2) is 36.1 Å². The summed E-state index contributed by atoms with van der Waals surface area (Å²) in [7, 11) is 4.63. The number of methoxy groups -OCH3 is 3. The minimum absolute atomic E-state index is 0.185. The molecule has 0 amide bonds. The maximum absolute atomic E-state index is 12.8. The number of ketones is 1. The third kappa shape index (κ3) is 4.32. The molecule has 7 nitrogen and oxygen atoms in total. The molecule has 2 aromatic carbocycles. The quantitative estimate of drug-likeness (QED) is 0.596. The van der Waals surface area contributed by atoms with Gasteiger partial charge < -0.3 is 23.7 Å². The van der Waals surface area contributed by atoms with Crippen molar-refractivity contribution in [3.8, 4) is 28.7 Å². The molecule has 2 heterocycles. The van der Waals surface area contributed by atoms with E-state index < -0.39 is 0 Å². The maximum Gasteiger partial charge on any atom is 0.231 e. The smallest absolute Gasteiger partial charge is 0.231 e. The number of benzene rings is 2. The highest BCUT2D eigenvalue weighted by atomic mass is 16.5. The number of likely N-dealkylation sites (tertiary alicyclic amines) is 1. The van der Waals surface area contributed by atoms with Crippen molar-refractivity contribution >= 4 is 11.9 Å². The second-order valence-corrected chi connectivity index (χ2v) is 7.42. The standard InChI is InChI=1S/C24H27NO6/c1-27-19-9-6-16(23(28-2)24(19)29-3)14-21-22(26)18-8-7-17(15-20(18)31-21)30-13-12-25-10-4-5-11-25/h6-9,14-15H,4-5,10-13H2,1-3H3/b21-14+. The van der Waals surface area contributed by atoms with Gasteiger partial charge in [0.25, 0.3) is 0 Å². The predicted octanol–water partition coefficient (Wildman–Crippen LogP) is 3.80. The first-order chi connectivity index (χ1) is 15.1. The molecule has 31 heavy (non-hydrogen) atoms. The molecule has 2 aromatic rings. The zero-order valence-corrected chi connectivity index (χ0v) is 18.1. The Hall–Kier alpha value is -3.19. The number of nitrogens with zero attached hydrogens (tertiary/aromatic N) is 1. The molecule has 0 aliphatic carbocycles.